The number of H-pyrrole nitrogens is 1. The molecule has 5 rings (SSSR count). The predicted octanol–water partition coefficient (Wildman–Crippen LogP) is 2.19. The van der Waals surface area contributed by atoms with E-state index in [1.54, 1.807) is 11.8 Å². The second-order valence-electron chi connectivity index (χ2n) is 7.27. The van der Waals surface area contributed by atoms with E-state index in [0.29, 0.717) is 23.0 Å². The van der Waals surface area contributed by atoms with Gasteiger partial charge in [-0.25, -0.2) is 14.8 Å². The van der Waals surface area contributed by atoms with Gasteiger partial charge in [-0.3, -0.25) is 5.32 Å². The maximum atomic E-state index is 12.4. The summed E-state index contributed by atoms with van der Waals surface area (Å²) >= 11 is 1.33. The van der Waals surface area contributed by atoms with Gasteiger partial charge in [0.15, 0.2) is 0 Å². The van der Waals surface area contributed by atoms with Crippen molar-refractivity contribution < 1.29 is 4.79 Å². The molecule has 27 heavy (non-hydrogen) atoms. The molecule has 2 N–H and O–H groups in total. The van der Waals surface area contributed by atoms with Crippen molar-refractivity contribution in [1.82, 2.24) is 30.0 Å². The summed E-state index contributed by atoms with van der Waals surface area (Å²) in [6, 6.07) is 2.38. The molecule has 2 amide bonds. The van der Waals surface area contributed by atoms with Gasteiger partial charge in [0.2, 0.25) is 5.13 Å². The van der Waals surface area contributed by atoms with Crippen molar-refractivity contribution in [2.24, 2.45) is 11.8 Å². The zero-order chi connectivity index (χ0) is 18.4. The Morgan fingerprint density at radius 2 is 2.15 bits per heavy atom. The maximum Gasteiger partial charge on any atom is 0.323 e. The lowest BCUT2D eigenvalue weighted by atomic mass is 10.0. The number of urea groups is 1. The molecule has 0 bridgehead atoms. The first-order valence-corrected chi connectivity index (χ1v) is 9.90. The lowest BCUT2D eigenvalue weighted by molar-refractivity contribution is 0.218. The number of nitrogens with zero attached hydrogens (tertiary/aromatic N) is 6. The summed E-state index contributed by atoms with van der Waals surface area (Å²) in [5.74, 6) is 2.03. The molecular formula is C17H20N8OS. The molecule has 1 aliphatic heterocycles. The lowest BCUT2D eigenvalue weighted by Crippen LogP contribution is -2.36. The first-order chi connectivity index (χ1) is 13.2. The summed E-state index contributed by atoms with van der Waals surface area (Å²) in [4.78, 5) is 28.5. The number of aromatic nitrogens is 5. The van der Waals surface area contributed by atoms with E-state index in [-0.39, 0.29) is 6.03 Å². The predicted molar refractivity (Wildman–Crippen MR) is 103 cm³/mol. The third kappa shape index (κ3) is 2.89. The standard InChI is InChI=1S/C17H20N8OS/c1-24(15-13-2-3-18-14(13)19-8-20-15)12-4-10-6-25(7-11(10)5-12)17(26)22-16-23-21-9-27-16/h2-3,8-12H,4-7H2,1H3,(H,18,19,20)(H,22,23,26)/t10-,11?,12?/m1/s1. The van der Waals surface area contributed by atoms with E-state index in [9.17, 15) is 4.79 Å². The molecule has 140 valence electrons. The van der Waals surface area contributed by atoms with Gasteiger partial charge in [-0.15, -0.1) is 10.2 Å². The van der Waals surface area contributed by atoms with Gasteiger partial charge in [0.1, 0.15) is 23.3 Å². The van der Waals surface area contributed by atoms with Gasteiger partial charge in [-0.2, -0.15) is 0 Å². The zero-order valence-corrected chi connectivity index (χ0v) is 15.7. The van der Waals surface area contributed by atoms with Crippen LogP contribution in [0.15, 0.2) is 24.1 Å². The molecule has 1 saturated heterocycles. The van der Waals surface area contributed by atoms with Crippen LogP contribution in [0, 0.1) is 11.8 Å². The summed E-state index contributed by atoms with van der Waals surface area (Å²) in [6.45, 7) is 1.59. The highest BCUT2D eigenvalue weighted by atomic mass is 32.1. The Kier molecular flexibility index (Phi) is 3.92. The van der Waals surface area contributed by atoms with E-state index in [2.05, 4.69) is 42.4 Å². The quantitative estimate of drug-likeness (QED) is 0.717. The van der Waals surface area contributed by atoms with Crippen LogP contribution in [0.1, 0.15) is 12.8 Å². The summed E-state index contributed by atoms with van der Waals surface area (Å²) < 4.78 is 0. The molecule has 9 nitrogen and oxygen atoms in total. The van der Waals surface area contributed by atoms with Gasteiger partial charge in [0.25, 0.3) is 0 Å². The first kappa shape index (κ1) is 16.4. The molecule has 0 radical (unpaired) electrons. The van der Waals surface area contributed by atoms with Crippen LogP contribution >= 0.6 is 11.3 Å². The average Bonchev–Trinajstić information content (AvgIpc) is 3.42. The van der Waals surface area contributed by atoms with E-state index in [0.717, 1.165) is 42.8 Å². The molecule has 10 heteroatoms. The summed E-state index contributed by atoms with van der Waals surface area (Å²) in [6.07, 6.45) is 5.65. The summed E-state index contributed by atoms with van der Waals surface area (Å²) in [5.41, 5.74) is 2.48. The van der Waals surface area contributed by atoms with Crippen LogP contribution in [-0.4, -0.2) is 62.3 Å². The Bertz CT molecular complexity index is 943. The van der Waals surface area contributed by atoms with Gasteiger partial charge in [0, 0.05) is 32.4 Å². The number of aromatic amines is 1. The van der Waals surface area contributed by atoms with Gasteiger partial charge in [0.05, 0.1) is 5.39 Å². The van der Waals surface area contributed by atoms with Crippen LogP contribution in [0.3, 0.4) is 0 Å². The van der Waals surface area contributed by atoms with Gasteiger partial charge in [-0.05, 0) is 30.7 Å². The van der Waals surface area contributed by atoms with Crippen LogP contribution in [0.4, 0.5) is 15.7 Å². The Labute approximate surface area is 159 Å². The molecular weight excluding hydrogens is 364 g/mol. The van der Waals surface area contributed by atoms with Crippen molar-refractivity contribution in [3.8, 4) is 0 Å². The van der Waals surface area contributed by atoms with Gasteiger partial charge >= 0.3 is 6.03 Å². The number of carbonyl (C=O) groups excluding carboxylic acids is 1. The number of nitrogens with one attached hydrogen (secondary N) is 2. The highest BCUT2D eigenvalue weighted by Gasteiger charge is 2.44. The maximum absolute atomic E-state index is 12.4. The smallest absolute Gasteiger partial charge is 0.323 e. The number of hydrogen-bond donors (Lipinski definition) is 2. The van der Waals surface area contributed by atoms with E-state index in [1.807, 2.05) is 17.2 Å². The highest BCUT2D eigenvalue weighted by Crippen LogP contribution is 2.41. The van der Waals surface area contributed by atoms with Crippen LogP contribution in [0.5, 0.6) is 0 Å². The minimum Gasteiger partial charge on any atom is -0.356 e. The molecule has 2 unspecified atom stereocenters. The fraction of sp³-hybridized carbons (Fsp3) is 0.471. The normalized spacial score (nSPS) is 24.3. The Morgan fingerprint density at radius 3 is 2.89 bits per heavy atom. The number of rotatable bonds is 3. The second-order valence-corrected chi connectivity index (χ2v) is 8.11. The van der Waals surface area contributed by atoms with Crippen molar-refractivity contribution >= 4 is 39.4 Å². The number of likely N-dealkylation sites (tertiary alicyclic amines) is 1. The monoisotopic (exact) mass is 384 g/mol. The largest absolute Gasteiger partial charge is 0.356 e. The molecule has 0 aromatic carbocycles. The minimum absolute atomic E-state index is 0.0733. The minimum atomic E-state index is -0.0733. The molecule has 2 aliphatic rings. The highest BCUT2D eigenvalue weighted by molar-refractivity contribution is 7.13. The van der Waals surface area contributed by atoms with E-state index in [4.69, 9.17) is 0 Å². The topological polar surface area (TPSA) is 103 Å². The molecule has 0 spiro atoms. The van der Waals surface area contributed by atoms with E-state index in [1.165, 1.54) is 11.3 Å². The van der Waals surface area contributed by atoms with Crippen LogP contribution in [0.2, 0.25) is 0 Å². The number of hydrogen-bond acceptors (Lipinski definition) is 7. The molecule has 3 aromatic rings. The van der Waals surface area contributed by atoms with Crippen LogP contribution < -0.4 is 10.2 Å². The molecule has 3 atom stereocenters. The zero-order valence-electron chi connectivity index (χ0n) is 14.9. The van der Waals surface area contributed by atoms with E-state index < -0.39 is 0 Å². The number of fused-ring (bicyclic) bond motifs is 2. The molecule has 1 aliphatic carbocycles. The SMILES string of the molecule is CN(c1ncnc2[nH]ccc12)C1CC2CN(C(=O)Nc3nncs3)C[C@H]2C1. The van der Waals surface area contributed by atoms with Gasteiger partial charge in [-0.1, -0.05) is 11.3 Å². The summed E-state index contributed by atoms with van der Waals surface area (Å²) in [7, 11) is 2.11. The third-order valence-corrected chi connectivity index (χ3v) is 6.41. The average molecular weight is 384 g/mol. The fourth-order valence-electron chi connectivity index (χ4n) is 4.46. The number of amides is 2. The molecule has 4 heterocycles. The van der Waals surface area contributed by atoms with Crippen molar-refractivity contribution in [2.45, 2.75) is 18.9 Å². The van der Waals surface area contributed by atoms with Crippen molar-refractivity contribution in [3.05, 3.63) is 24.1 Å². The third-order valence-electron chi connectivity index (χ3n) is 5.80. The molecule has 3 aromatic heterocycles. The van der Waals surface area contributed by atoms with Crippen LogP contribution in [-0.2, 0) is 0 Å². The number of anilines is 2. The van der Waals surface area contributed by atoms with Crippen LogP contribution in [0.25, 0.3) is 11.0 Å². The lowest BCUT2D eigenvalue weighted by Gasteiger charge is -2.27. The van der Waals surface area contributed by atoms with Crippen molar-refractivity contribution in [3.63, 3.8) is 0 Å². The molecule has 2 fully saturated rings. The number of carbonyl (C=O) groups is 1. The fourth-order valence-corrected chi connectivity index (χ4v) is 4.90. The van der Waals surface area contributed by atoms with E-state index >= 15 is 0 Å². The Hall–Kier alpha value is -2.75. The summed E-state index contributed by atoms with van der Waals surface area (Å²) in [5, 5.41) is 12.1. The van der Waals surface area contributed by atoms with Crippen molar-refractivity contribution in [1.29, 1.82) is 0 Å². The first-order valence-electron chi connectivity index (χ1n) is 9.02. The Balaban J connectivity index is 1.24. The van der Waals surface area contributed by atoms with Crippen molar-refractivity contribution in [2.75, 3.05) is 30.4 Å². The second kappa shape index (κ2) is 6.45. The molecule has 1 saturated carbocycles. The van der Waals surface area contributed by atoms with Gasteiger partial charge < -0.3 is 14.8 Å². The Morgan fingerprint density at radius 1 is 1.33 bits per heavy atom.